The fourth-order valence-corrected chi connectivity index (χ4v) is 2.55. The molecule has 0 saturated carbocycles. The summed E-state index contributed by atoms with van der Waals surface area (Å²) in [5.74, 6) is 0. The standard InChI is InChI=1S/C13H16ClN3O/c1-9-7-15-13(14)11-6-10(16-12(9)11)8-17-2-4-18-5-3-17/h6-7,16H,2-5,8H2,1H3. The monoisotopic (exact) mass is 265 g/mol. The van der Waals surface area contributed by atoms with Gasteiger partial charge in [-0.2, -0.15) is 0 Å². The van der Waals surface area contributed by atoms with Gasteiger partial charge < -0.3 is 9.72 Å². The lowest BCUT2D eigenvalue weighted by molar-refractivity contribution is 0.0337. The van der Waals surface area contributed by atoms with Gasteiger partial charge in [-0.15, -0.1) is 0 Å². The van der Waals surface area contributed by atoms with Gasteiger partial charge >= 0.3 is 0 Å². The van der Waals surface area contributed by atoms with E-state index in [2.05, 4.69) is 20.9 Å². The van der Waals surface area contributed by atoms with E-state index in [0.29, 0.717) is 5.15 Å². The summed E-state index contributed by atoms with van der Waals surface area (Å²) in [6.07, 6.45) is 1.81. The maximum Gasteiger partial charge on any atom is 0.138 e. The summed E-state index contributed by atoms with van der Waals surface area (Å²) >= 11 is 6.12. The van der Waals surface area contributed by atoms with Crippen LogP contribution < -0.4 is 0 Å². The van der Waals surface area contributed by atoms with Gasteiger partial charge in [0.2, 0.25) is 0 Å². The van der Waals surface area contributed by atoms with Gasteiger partial charge in [0.05, 0.1) is 18.7 Å². The van der Waals surface area contributed by atoms with Crippen molar-refractivity contribution < 1.29 is 4.74 Å². The third-order valence-electron chi connectivity index (χ3n) is 3.36. The van der Waals surface area contributed by atoms with Crippen molar-refractivity contribution in [1.82, 2.24) is 14.9 Å². The number of hydrogen-bond acceptors (Lipinski definition) is 3. The van der Waals surface area contributed by atoms with E-state index in [-0.39, 0.29) is 0 Å². The quantitative estimate of drug-likeness (QED) is 0.848. The molecular formula is C13H16ClN3O. The Hall–Kier alpha value is -1.10. The first kappa shape index (κ1) is 12.0. The third-order valence-corrected chi connectivity index (χ3v) is 3.66. The first-order chi connectivity index (χ1) is 8.74. The second-order valence-corrected chi connectivity index (χ2v) is 5.06. The molecule has 0 radical (unpaired) electrons. The Balaban J connectivity index is 1.88. The number of halogens is 1. The molecular weight excluding hydrogens is 250 g/mol. The zero-order valence-electron chi connectivity index (χ0n) is 10.4. The van der Waals surface area contributed by atoms with Gasteiger partial charge in [-0.05, 0) is 18.6 Å². The van der Waals surface area contributed by atoms with Crippen LogP contribution in [0.2, 0.25) is 5.15 Å². The minimum atomic E-state index is 0.570. The molecule has 18 heavy (non-hydrogen) atoms. The van der Waals surface area contributed by atoms with E-state index in [0.717, 1.165) is 49.3 Å². The molecule has 2 aromatic heterocycles. The van der Waals surface area contributed by atoms with Gasteiger partial charge in [0, 0.05) is 36.9 Å². The Bertz CT molecular complexity index is 522. The number of morpholine rings is 1. The van der Waals surface area contributed by atoms with Crippen LogP contribution in [0, 0.1) is 6.92 Å². The van der Waals surface area contributed by atoms with Gasteiger partial charge in [0.25, 0.3) is 0 Å². The fourth-order valence-electron chi connectivity index (χ4n) is 2.36. The molecule has 2 aromatic rings. The Morgan fingerprint density at radius 1 is 1.44 bits per heavy atom. The van der Waals surface area contributed by atoms with Crippen molar-refractivity contribution in [3.63, 3.8) is 0 Å². The molecule has 0 aromatic carbocycles. The van der Waals surface area contributed by atoms with E-state index in [9.17, 15) is 0 Å². The van der Waals surface area contributed by atoms with E-state index in [4.69, 9.17) is 16.3 Å². The zero-order chi connectivity index (χ0) is 12.5. The molecule has 3 heterocycles. The van der Waals surface area contributed by atoms with Crippen LogP contribution in [0.15, 0.2) is 12.3 Å². The maximum absolute atomic E-state index is 6.12. The number of hydrogen-bond donors (Lipinski definition) is 1. The summed E-state index contributed by atoms with van der Waals surface area (Å²) in [7, 11) is 0. The van der Waals surface area contributed by atoms with E-state index < -0.39 is 0 Å². The van der Waals surface area contributed by atoms with Crippen LogP contribution in [0.3, 0.4) is 0 Å². The average molecular weight is 266 g/mol. The lowest BCUT2D eigenvalue weighted by atomic mass is 10.2. The van der Waals surface area contributed by atoms with E-state index in [1.54, 1.807) is 6.20 Å². The zero-order valence-corrected chi connectivity index (χ0v) is 11.1. The van der Waals surface area contributed by atoms with Gasteiger partial charge in [0.1, 0.15) is 5.15 Å². The molecule has 4 nitrogen and oxygen atoms in total. The summed E-state index contributed by atoms with van der Waals surface area (Å²) in [5, 5.41) is 1.58. The van der Waals surface area contributed by atoms with Crippen molar-refractivity contribution in [1.29, 1.82) is 0 Å². The van der Waals surface area contributed by atoms with Gasteiger partial charge in [-0.3, -0.25) is 4.90 Å². The number of nitrogens with zero attached hydrogens (tertiary/aromatic N) is 2. The smallest absolute Gasteiger partial charge is 0.138 e. The van der Waals surface area contributed by atoms with Gasteiger partial charge in [-0.1, -0.05) is 11.6 Å². The van der Waals surface area contributed by atoms with Crippen molar-refractivity contribution in [2.45, 2.75) is 13.5 Å². The van der Waals surface area contributed by atoms with E-state index >= 15 is 0 Å². The SMILES string of the molecule is Cc1cnc(Cl)c2cc(CN3CCOCC3)[nH]c12. The average Bonchev–Trinajstić information content (AvgIpc) is 2.80. The highest BCUT2D eigenvalue weighted by Crippen LogP contribution is 2.25. The number of H-pyrrole nitrogens is 1. The Labute approximate surface area is 111 Å². The lowest BCUT2D eigenvalue weighted by Crippen LogP contribution is -2.35. The number of aromatic amines is 1. The van der Waals surface area contributed by atoms with Gasteiger partial charge in [0.15, 0.2) is 0 Å². The Morgan fingerprint density at radius 2 is 2.22 bits per heavy atom. The molecule has 0 spiro atoms. The first-order valence-electron chi connectivity index (χ1n) is 6.17. The maximum atomic E-state index is 6.12. The van der Waals surface area contributed by atoms with Crippen LogP contribution in [0.1, 0.15) is 11.3 Å². The molecule has 5 heteroatoms. The van der Waals surface area contributed by atoms with Crippen LogP contribution in [0.4, 0.5) is 0 Å². The first-order valence-corrected chi connectivity index (χ1v) is 6.54. The summed E-state index contributed by atoms with van der Waals surface area (Å²) in [6, 6.07) is 2.10. The summed E-state index contributed by atoms with van der Waals surface area (Å²) < 4.78 is 5.35. The van der Waals surface area contributed by atoms with Crippen LogP contribution in [0.5, 0.6) is 0 Å². The highest BCUT2D eigenvalue weighted by atomic mass is 35.5. The van der Waals surface area contributed by atoms with Crippen molar-refractivity contribution in [2.24, 2.45) is 0 Å². The molecule has 1 N–H and O–H groups in total. The van der Waals surface area contributed by atoms with Crippen LogP contribution in [-0.4, -0.2) is 41.2 Å². The molecule has 0 amide bonds. The molecule has 96 valence electrons. The Kier molecular flexibility index (Phi) is 3.24. The largest absolute Gasteiger partial charge is 0.379 e. The minimum Gasteiger partial charge on any atom is -0.379 e. The number of fused-ring (bicyclic) bond motifs is 1. The number of aromatic nitrogens is 2. The number of ether oxygens (including phenoxy) is 1. The molecule has 3 rings (SSSR count). The summed E-state index contributed by atoms with van der Waals surface area (Å²) in [6.45, 7) is 6.57. The second kappa shape index (κ2) is 4.88. The molecule has 1 saturated heterocycles. The highest BCUT2D eigenvalue weighted by Gasteiger charge is 2.13. The number of rotatable bonds is 2. The van der Waals surface area contributed by atoms with Crippen LogP contribution in [-0.2, 0) is 11.3 Å². The molecule has 0 unspecified atom stereocenters. The molecule has 1 aliphatic rings. The van der Waals surface area contributed by atoms with Crippen LogP contribution >= 0.6 is 11.6 Å². The number of aryl methyl sites for hydroxylation is 1. The topological polar surface area (TPSA) is 41.2 Å². The number of pyridine rings is 1. The molecule has 0 aliphatic carbocycles. The normalized spacial score (nSPS) is 17.4. The minimum absolute atomic E-state index is 0.570. The lowest BCUT2D eigenvalue weighted by Gasteiger charge is -2.25. The van der Waals surface area contributed by atoms with Crippen LogP contribution in [0.25, 0.3) is 10.9 Å². The molecule has 1 aliphatic heterocycles. The highest BCUT2D eigenvalue weighted by molar-refractivity contribution is 6.34. The van der Waals surface area contributed by atoms with Gasteiger partial charge in [-0.25, -0.2) is 4.98 Å². The summed E-state index contributed by atoms with van der Waals surface area (Å²) in [5.41, 5.74) is 3.41. The molecule has 0 bridgehead atoms. The van der Waals surface area contributed by atoms with Crippen molar-refractivity contribution in [3.8, 4) is 0 Å². The second-order valence-electron chi connectivity index (χ2n) is 4.70. The van der Waals surface area contributed by atoms with E-state index in [1.807, 2.05) is 6.92 Å². The Morgan fingerprint density at radius 3 is 2.94 bits per heavy atom. The van der Waals surface area contributed by atoms with Crippen molar-refractivity contribution in [2.75, 3.05) is 26.3 Å². The van der Waals surface area contributed by atoms with Crippen molar-refractivity contribution >= 4 is 22.5 Å². The van der Waals surface area contributed by atoms with Crippen molar-refractivity contribution in [3.05, 3.63) is 28.7 Å². The van der Waals surface area contributed by atoms with E-state index in [1.165, 1.54) is 5.69 Å². The molecule has 1 fully saturated rings. The molecule has 0 atom stereocenters. The predicted octanol–water partition coefficient (Wildman–Crippen LogP) is 2.36. The summed E-state index contributed by atoms with van der Waals surface area (Å²) in [4.78, 5) is 10.0. The number of nitrogens with one attached hydrogen (secondary N) is 1. The third kappa shape index (κ3) is 2.23. The fraction of sp³-hybridized carbons (Fsp3) is 0.462. The predicted molar refractivity (Wildman–Crippen MR) is 71.9 cm³/mol.